The Bertz CT molecular complexity index is 535. The van der Waals surface area contributed by atoms with Crippen LogP contribution < -0.4 is 20.1 Å². The fourth-order valence-corrected chi connectivity index (χ4v) is 3.94. The van der Waals surface area contributed by atoms with E-state index in [0.717, 1.165) is 23.3 Å². The number of nitrogens with one attached hydrogen (secondary N) is 2. The average molecular weight is 306 g/mol. The van der Waals surface area contributed by atoms with E-state index in [4.69, 9.17) is 21.7 Å². The van der Waals surface area contributed by atoms with Gasteiger partial charge in [-0.3, -0.25) is 0 Å². The van der Waals surface area contributed by atoms with Gasteiger partial charge in [0.1, 0.15) is 0 Å². The van der Waals surface area contributed by atoms with Gasteiger partial charge in [0, 0.05) is 17.8 Å². The summed E-state index contributed by atoms with van der Waals surface area (Å²) in [5, 5.41) is 7.41. The van der Waals surface area contributed by atoms with Crippen LogP contribution in [0, 0.1) is 11.8 Å². The Balaban J connectivity index is 1.59. The zero-order valence-electron chi connectivity index (χ0n) is 12.5. The molecule has 5 heteroatoms. The summed E-state index contributed by atoms with van der Waals surface area (Å²) >= 11 is 5.43. The average Bonchev–Trinajstić information content (AvgIpc) is 3.09. The molecule has 3 rings (SSSR count). The standard InChI is InChI=1S/C16H22N2O2S/c1-19-14-6-5-12(9-15(14)20-2)17-16(21)18-13-8-10-3-4-11(13)7-10/h5-6,9-11,13H,3-4,7-8H2,1-2H3,(H2,17,18,21)/t10-,11+,13-/m1/s1. The Morgan fingerprint density at radius 3 is 2.57 bits per heavy atom. The van der Waals surface area contributed by atoms with Gasteiger partial charge in [-0.1, -0.05) is 6.42 Å². The molecule has 3 atom stereocenters. The number of rotatable bonds is 4. The van der Waals surface area contributed by atoms with Crippen molar-refractivity contribution in [1.29, 1.82) is 0 Å². The van der Waals surface area contributed by atoms with Crippen LogP contribution in [0.3, 0.4) is 0 Å². The second-order valence-electron chi connectivity index (χ2n) is 5.95. The number of methoxy groups -OCH3 is 2. The van der Waals surface area contributed by atoms with Crippen molar-refractivity contribution < 1.29 is 9.47 Å². The van der Waals surface area contributed by atoms with Crippen molar-refractivity contribution in [1.82, 2.24) is 5.32 Å². The number of hydrogen-bond acceptors (Lipinski definition) is 3. The van der Waals surface area contributed by atoms with E-state index in [9.17, 15) is 0 Å². The lowest BCUT2D eigenvalue weighted by Gasteiger charge is -2.24. The molecule has 0 aromatic heterocycles. The highest BCUT2D eigenvalue weighted by Gasteiger charge is 2.39. The minimum absolute atomic E-state index is 0.545. The quantitative estimate of drug-likeness (QED) is 0.836. The van der Waals surface area contributed by atoms with Crippen LogP contribution in [-0.4, -0.2) is 25.4 Å². The van der Waals surface area contributed by atoms with Crippen molar-refractivity contribution in [2.75, 3.05) is 19.5 Å². The van der Waals surface area contributed by atoms with E-state index in [1.54, 1.807) is 14.2 Å². The number of ether oxygens (including phenoxy) is 2. The van der Waals surface area contributed by atoms with Crippen LogP contribution >= 0.6 is 12.2 Å². The van der Waals surface area contributed by atoms with Crippen molar-refractivity contribution in [2.24, 2.45) is 11.8 Å². The van der Waals surface area contributed by atoms with E-state index >= 15 is 0 Å². The molecule has 0 amide bonds. The van der Waals surface area contributed by atoms with Crippen molar-refractivity contribution in [3.8, 4) is 11.5 Å². The minimum Gasteiger partial charge on any atom is -0.493 e. The lowest BCUT2D eigenvalue weighted by Crippen LogP contribution is -2.40. The Labute approximate surface area is 131 Å². The van der Waals surface area contributed by atoms with Crippen molar-refractivity contribution >= 4 is 23.0 Å². The molecule has 2 aliphatic rings. The molecule has 2 fully saturated rings. The van der Waals surface area contributed by atoms with Crippen LogP contribution in [0.15, 0.2) is 18.2 Å². The molecule has 0 unspecified atom stereocenters. The first-order valence-corrected chi connectivity index (χ1v) is 7.90. The molecule has 2 saturated carbocycles. The summed E-state index contributed by atoms with van der Waals surface area (Å²) in [6, 6.07) is 6.26. The molecular formula is C16H22N2O2S. The molecule has 2 aliphatic carbocycles. The smallest absolute Gasteiger partial charge is 0.171 e. The van der Waals surface area contributed by atoms with Crippen molar-refractivity contribution in [2.45, 2.75) is 31.7 Å². The first kappa shape index (κ1) is 14.4. The molecule has 2 bridgehead atoms. The lowest BCUT2D eigenvalue weighted by atomic mass is 9.96. The zero-order valence-corrected chi connectivity index (χ0v) is 13.3. The van der Waals surface area contributed by atoms with E-state index in [0.29, 0.717) is 16.9 Å². The molecule has 1 aromatic carbocycles. The number of hydrogen-bond donors (Lipinski definition) is 2. The highest BCUT2D eigenvalue weighted by atomic mass is 32.1. The normalized spacial score (nSPS) is 26.5. The third-order valence-corrected chi connectivity index (χ3v) is 4.92. The minimum atomic E-state index is 0.545. The van der Waals surface area contributed by atoms with Crippen LogP contribution in [0.25, 0.3) is 0 Å². The number of anilines is 1. The van der Waals surface area contributed by atoms with Crippen molar-refractivity contribution in [3.05, 3.63) is 18.2 Å². The van der Waals surface area contributed by atoms with E-state index in [1.165, 1.54) is 25.7 Å². The second kappa shape index (κ2) is 6.10. The summed E-state index contributed by atoms with van der Waals surface area (Å²) in [6.07, 6.45) is 5.38. The summed E-state index contributed by atoms with van der Waals surface area (Å²) in [5.41, 5.74) is 0.910. The van der Waals surface area contributed by atoms with Gasteiger partial charge in [0.05, 0.1) is 14.2 Å². The second-order valence-corrected chi connectivity index (χ2v) is 6.36. The zero-order chi connectivity index (χ0) is 14.8. The molecule has 0 saturated heterocycles. The molecule has 0 radical (unpaired) electrons. The van der Waals surface area contributed by atoms with E-state index < -0.39 is 0 Å². The maximum atomic E-state index is 5.43. The van der Waals surface area contributed by atoms with Crippen LogP contribution in [0.5, 0.6) is 11.5 Å². The Kier molecular flexibility index (Phi) is 4.19. The molecule has 21 heavy (non-hydrogen) atoms. The van der Waals surface area contributed by atoms with E-state index in [-0.39, 0.29) is 0 Å². The summed E-state index contributed by atoms with van der Waals surface area (Å²) in [6.45, 7) is 0. The molecule has 114 valence electrons. The Hall–Kier alpha value is -1.49. The van der Waals surface area contributed by atoms with Gasteiger partial charge in [0.2, 0.25) is 0 Å². The van der Waals surface area contributed by atoms with Crippen LogP contribution in [-0.2, 0) is 0 Å². The largest absolute Gasteiger partial charge is 0.493 e. The van der Waals surface area contributed by atoms with Gasteiger partial charge >= 0.3 is 0 Å². The third-order valence-electron chi connectivity index (χ3n) is 4.70. The fraction of sp³-hybridized carbons (Fsp3) is 0.562. The highest BCUT2D eigenvalue weighted by Crippen LogP contribution is 2.44. The van der Waals surface area contributed by atoms with Gasteiger partial charge in [-0.05, 0) is 55.4 Å². The summed E-state index contributed by atoms with van der Waals surface area (Å²) in [5.74, 6) is 3.14. The number of thiocarbonyl (C=S) groups is 1. The maximum Gasteiger partial charge on any atom is 0.171 e. The van der Waals surface area contributed by atoms with E-state index in [1.807, 2.05) is 18.2 Å². The topological polar surface area (TPSA) is 42.5 Å². The predicted octanol–water partition coefficient (Wildman–Crippen LogP) is 3.18. The molecule has 4 nitrogen and oxygen atoms in total. The summed E-state index contributed by atoms with van der Waals surface area (Å²) < 4.78 is 10.5. The monoisotopic (exact) mass is 306 g/mol. The molecule has 1 aromatic rings. The highest BCUT2D eigenvalue weighted by molar-refractivity contribution is 7.80. The van der Waals surface area contributed by atoms with Gasteiger partial charge in [-0.2, -0.15) is 0 Å². The number of benzene rings is 1. The summed E-state index contributed by atoms with van der Waals surface area (Å²) in [4.78, 5) is 0. The third kappa shape index (κ3) is 3.07. The SMILES string of the molecule is COc1ccc(NC(=S)N[C@@H]2C[C@@H]3CC[C@H]2C3)cc1OC. The molecule has 2 N–H and O–H groups in total. The lowest BCUT2D eigenvalue weighted by molar-refractivity contribution is 0.355. The molecular weight excluding hydrogens is 284 g/mol. The molecule has 0 spiro atoms. The van der Waals surface area contributed by atoms with Gasteiger partial charge in [-0.25, -0.2) is 0 Å². The van der Waals surface area contributed by atoms with Crippen molar-refractivity contribution in [3.63, 3.8) is 0 Å². The van der Waals surface area contributed by atoms with Gasteiger partial charge in [0.15, 0.2) is 16.6 Å². The van der Waals surface area contributed by atoms with Crippen LogP contribution in [0.2, 0.25) is 0 Å². The molecule has 0 aliphatic heterocycles. The van der Waals surface area contributed by atoms with Crippen LogP contribution in [0.1, 0.15) is 25.7 Å². The fourth-order valence-electron chi connectivity index (χ4n) is 3.67. The first-order chi connectivity index (χ1) is 10.2. The predicted molar refractivity (Wildman–Crippen MR) is 88.1 cm³/mol. The number of fused-ring (bicyclic) bond motifs is 2. The maximum absolute atomic E-state index is 5.43. The van der Waals surface area contributed by atoms with Gasteiger partial charge < -0.3 is 20.1 Å². The van der Waals surface area contributed by atoms with Gasteiger partial charge in [0.25, 0.3) is 0 Å². The van der Waals surface area contributed by atoms with Gasteiger partial charge in [-0.15, -0.1) is 0 Å². The van der Waals surface area contributed by atoms with E-state index in [2.05, 4.69) is 10.6 Å². The van der Waals surface area contributed by atoms with Crippen LogP contribution in [0.4, 0.5) is 5.69 Å². The first-order valence-electron chi connectivity index (χ1n) is 7.49. The summed E-state index contributed by atoms with van der Waals surface area (Å²) in [7, 11) is 3.26. The molecule has 0 heterocycles. The Morgan fingerprint density at radius 1 is 1.14 bits per heavy atom. The Morgan fingerprint density at radius 2 is 1.95 bits per heavy atom.